The molecular formula is C32H29N3O4. The molecule has 1 fully saturated rings. The van der Waals surface area contributed by atoms with Gasteiger partial charge in [-0.25, -0.2) is 9.78 Å². The van der Waals surface area contributed by atoms with Gasteiger partial charge in [-0.2, -0.15) is 0 Å². The van der Waals surface area contributed by atoms with E-state index in [0.29, 0.717) is 35.4 Å². The number of carboxylic acids is 1. The van der Waals surface area contributed by atoms with E-state index in [2.05, 4.69) is 9.55 Å². The fourth-order valence-electron chi connectivity index (χ4n) is 5.22. The summed E-state index contributed by atoms with van der Waals surface area (Å²) in [7, 11) is 0. The summed E-state index contributed by atoms with van der Waals surface area (Å²) in [6, 6.07) is 26.7. The standard InChI is InChI=1S/C32H29N3O4/c36-32(37)23-14-17-30-29(19-23)34-31(35(30)25-8-2-1-3-9-25)22-12-15-26(16-13-22)39-28-11-6-10-27(20-28)38-21-24-7-4-5-18-33-24/h4-7,10-20,25H,1-3,8-9,21H2,(H,36,37). The highest BCUT2D eigenvalue weighted by atomic mass is 16.5. The lowest BCUT2D eigenvalue weighted by Crippen LogP contribution is -2.14. The molecule has 0 atom stereocenters. The summed E-state index contributed by atoms with van der Waals surface area (Å²) in [5, 5.41) is 9.48. The summed E-state index contributed by atoms with van der Waals surface area (Å²) < 4.78 is 14.3. The van der Waals surface area contributed by atoms with Gasteiger partial charge in [0.1, 0.15) is 29.7 Å². The fourth-order valence-corrected chi connectivity index (χ4v) is 5.22. The highest BCUT2D eigenvalue weighted by Crippen LogP contribution is 2.37. The molecule has 0 unspecified atom stereocenters. The van der Waals surface area contributed by atoms with E-state index in [0.717, 1.165) is 35.4 Å². The van der Waals surface area contributed by atoms with Gasteiger partial charge >= 0.3 is 5.97 Å². The SMILES string of the molecule is O=C(O)c1ccc2c(c1)nc(-c1ccc(Oc3cccc(OCc4ccccn4)c3)cc1)n2C1CCCCC1. The van der Waals surface area contributed by atoms with Gasteiger partial charge in [0.2, 0.25) is 0 Å². The molecule has 7 heteroatoms. The van der Waals surface area contributed by atoms with Crippen molar-refractivity contribution in [3.63, 3.8) is 0 Å². The zero-order valence-electron chi connectivity index (χ0n) is 21.5. The Morgan fingerprint density at radius 3 is 2.46 bits per heavy atom. The summed E-state index contributed by atoms with van der Waals surface area (Å²) in [6.45, 7) is 0.384. The van der Waals surface area contributed by atoms with Crippen molar-refractivity contribution in [2.75, 3.05) is 0 Å². The van der Waals surface area contributed by atoms with Gasteiger partial charge in [-0.15, -0.1) is 0 Å². The quantitative estimate of drug-likeness (QED) is 0.226. The molecule has 1 aliphatic rings. The second-order valence-corrected chi connectivity index (χ2v) is 9.82. The van der Waals surface area contributed by atoms with Crippen LogP contribution >= 0.6 is 0 Å². The molecule has 0 spiro atoms. The second-order valence-electron chi connectivity index (χ2n) is 9.82. The van der Waals surface area contributed by atoms with E-state index >= 15 is 0 Å². The molecule has 0 amide bonds. The first-order valence-electron chi connectivity index (χ1n) is 13.3. The van der Waals surface area contributed by atoms with Crippen LogP contribution in [-0.4, -0.2) is 25.6 Å². The van der Waals surface area contributed by atoms with Gasteiger partial charge in [-0.1, -0.05) is 31.4 Å². The molecule has 1 aliphatic carbocycles. The molecule has 1 saturated carbocycles. The Morgan fingerprint density at radius 2 is 1.69 bits per heavy atom. The van der Waals surface area contributed by atoms with Crippen LogP contribution in [0, 0.1) is 0 Å². The minimum atomic E-state index is -0.946. The predicted octanol–water partition coefficient (Wildman–Crippen LogP) is 7.67. The summed E-state index contributed by atoms with van der Waals surface area (Å²) >= 11 is 0. The third kappa shape index (κ3) is 5.48. The molecule has 3 aromatic carbocycles. The maximum Gasteiger partial charge on any atom is 0.335 e. The third-order valence-corrected chi connectivity index (χ3v) is 7.14. The number of ether oxygens (including phenoxy) is 2. The van der Waals surface area contributed by atoms with Crippen molar-refractivity contribution in [3.8, 4) is 28.6 Å². The molecule has 7 nitrogen and oxygen atoms in total. The predicted molar refractivity (Wildman–Crippen MR) is 149 cm³/mol. The highest BCUT2D eigenvalue weighted by molar-refractivity contribution is 5.93. The number of rotatable bonds is 8. The van der Waals surface area contributed by atoms with E-state index in [1.54, 1.807) is 18.3 Å². The lowest BCUT2D eigenvalue weighted by Gasteiger charge is -2.25. The number of carbonyl (C=O) groups is 1. The molecule has 196 valence electrons. The van der Waals surface area contributed by atoms with Gasteiger partial charge in [-0.05, 0) is 79.6 Å². The lowest BCUT2D eigenvalue weighted by atomic mass is 9.95. The largest absolute Gasteiger partial charge is 0.487 e. The van der Waals surface area contributed by atoms with Gasteiger partial charge in [-0.3, -0.25) is 4.98 Å². The monoisotopic (exact) mass is 519 g/mol. The molecule has 0 bridgehead atoms. The van der Waals surface area contributed by atoms with E-state index in [1.165, 1.54) is 19.3 Å². The van der Waals surface area contributed by atoms with Crippen molar-refractivity contribution in [1.29, 1.82) is 0 Å². The van der Waals surface area contributed by atoms with Gasteiger partial charge in [0.05, 0.1) is 22.3 Å². The number of carboxylic acid groups (broad SMARTS) is 1. The number of aromatic nitrogens is 3. The Bertz CT molecular complexity index is 1590. The first kappa shape index (κ1) is 24.7. The van der Waals surface area contributed by atoms with Crippen LogP contribution in [0.25, 0.3) is 22.4 Å². The number of hydrogen-bond donors (Lipinski definition) is 1. The zero-order chi connectivity index (χ0) is 26.6. The van der Waals surface area contributed by atoms with Crippen LogP contribution in [0.15, 0.2) is 91.1 Å². The van der Waals surface area contributed by atoms with E-state index in [1.807, 2.05) is 72.8 Å². The topological polar surface area (TPSA) is 86.5 Å². The highest BCUT2D eigenvalue weighted by Gasteiger charge is 2.23. The minimum absolute atomic E-state index is 0.248. The molecule has 0 aliphatic heterocycles. The number of imidazole rings is 1. The summed E-state index contributed by atoms with van der Waals surface area (Å²) in [6.07, 6.45) is 7.57. The molecule has 2 heterocycles. The molecule has 6 rings (SSSR count). The third-order valence-electron chi connectivity index (χ3n) is 7.14. The van der Waals surface area contributed by atoms with E-state index < -0.39 is 5.97 Å². The lowest BCUT2D eigenvalue weighted by molar-refractivity contribution is 0.0697. The van der Waals surface area contributed by atoms with Crippen LogP contribution in [0.2, 0.25) is 0 Å². The normalized spacial score (nSPS) is 13.8. The number of aromatic carboxylic acids is 1. The van der Waals surface area contributed by atoms with Gasteiger partial charge in [0.15, 0.2) is 0 Å². The molecule has 1 N–H and O–H groups in total. The van der Waals surface area contributed by atoms with Gasteiger partial charge in [0, 0.05) is 23.9 Å². The van der Waals surface area contributed by atoms with Crippen molar-refractivity contribution in [2.24, 2.45) is 0 Å². The van der Waals surface area contributed by atoms with Crippen molar-refractivity contribution < 1.29 is 19.4 Å². The van der Waals surface area contributed by atoms with Crippen molar-refractivity contribution in [2.45, 2.75) is 44.8 Å². The van der Waals surface area contributed by atoms with Crippen LogP contribution < -0.4 is 9.47 Å². The molecular weight excluding hydrogens is 490 g/mol. The summed E-state index contributed by atoms with van der Waals surface area (Å²) in [5.74, 6) is 2.00. The number of fused-ring (bicyclic) bond motifs is 1. The summed E-state index contributed by atoms with van der Waals surface area (Å²) in [4.78, 5) is 20.8. The summed E-state index contributed by atoms with van der Waals surface area (Å²) in [5.41, 5.74) is 3.76. The van der Waals surface area contributed by atoms with E-state index in [4.69, 9.17) is 14.5 Å². The van der Waals surface area contributed by atoms with Crippen LogP contribution in [0.4, 0.5) is 0 Å². The molecule has 0 saturated heterocycles. The van der Waals surface area contributed by atoms with Gasteiger partial charge in [0.25, 0.3) is 0 Å². The Kier molecular flexibility index (Phi) is 6.95. The maximum absolute atomic E-state index is 11.6. The first-order valence-corrected chi connectivity index (χ1v) is 13.3. The number of benzene rings is 3. The Labute approximate surface area is 226 Å². The Hall–Kier alpha value is -4.65. The Balaban J connectivity index is 1.24. The smallest absolute Gasteiger partial charge is 0.335 e. The first-order chi connectivity index (χ1) is 19.1. The zero-order valence-corrected chi connectivity index (χ0v) is 21.5. The van der Waals surface area contributed by atoms with Crippen LogP contribution in [0.1, 0.15) is 54.2 Å². The average Bonchev–Trinajstić information content (AvgIpc) is 3.36. The molecule has 0 radical (unpaired) electrons. The number of hydrogen-bond acceptors (Lipinski definition) is 5. The van der Waals surface area contributed by atoms with Gasteiger partial charge < -0.3 is 19.1 Å². The Morgan fingerprint density at radius 1 is 0.872 bits per heavy atom. The fraction of sp³-hybridized carbons (Fsp3) is 0.219. The van der Waals surface area contributed by atoms with Crippen molar-refractivity contribution in [3.05, 3.63) is 102 Å². The average molecular weight is 520 g/mol. The van der Waals surface area contributed by atoms with Crippen LogP contribution in [0.5, 0.6) is 17.2 Å². The molecule has 2 aromatic heterocycles. The second kappa shape index (κ2) is 11.0. The molecule has 39 heavy (non-hydrogen) atoms. The minimum Gasteiger partial charge on any atom is -0.487 e. The number of nitrogens with zero attached hydrogens (tertiary/aromatic N) is 3. The van der Waals surface area contributed by atoms with Crippen LogP contribution in [0.3, 0.4) is 0 Å². The van der Waals surface area contributed by atoms with Crippen molar-refractivity contribution >= 4 is 17.0 Å². The van der Waals surface area contributed by atoms with E-state index in [-0.39, 0.29) is 5.56 Å². The van der Waals surface area contributed by atoms with Crippen molar-refractivity contribution in [1.82, 2.24) is 14.5 Å². The van der Waals surface area contributed by atoms with E-state index in [9.17, 15) is 9.90 Å². The van der Waals surface area contributed by atoms with Crippen LogP contribution in [-0.2, 0) is 6.61 Å². The molecule has 5 aromatic rings. The maximum atomic E-state index is 11.6. The number of pyridine rings is 1.